The van der Waals surface area contributed by atoms with Crippen molar-refractivity contribution in [2.45, 2.75) is 25.3 Å². The molecule has 0 saturated carbocycles. The van der Waals surface area contributed by atoms with Gasteiger partial charge in [-0.2, -0.15) is 0 Å². The van der Waals surface area contributed by atoms with E-state index in [4.69, 9.17) is 9.47 Å². The zero-order valence-corrected chi connectivity index (χ0v) is 9.97. The Morgan fingerprint density at radius 2 is 2.11 bits per heavy atom. The average molecular weight is 255 g/mol. The molecule has 2 heterocycles. The third-order valence-corrected chi connectivity index (χ3v) is 3.43. The first-order valence-electron chi connectivity index (χ1n) is 6.25. The molecule has 1 N–H and O–H groups in total. The Morgan fingerprint density at radius 1 is 1.28 bits per heavy atom. The number of ether oxygens (including phenoxy) is 2. The van der Waals surface area contributed by atoms with Crippen molar-refractivity contribution in [1.29, 1.82) is 0 Å². The van der Waals surface area contributed by atoms with Crippen molar-refractivity contribution in [3.05, 3.63) is 23.3 Å². The van der Waals surface area contributed by atoms with Crippen LogP contribution in [0, 0.1) is 11.6 Å². The van der Waals surface area contributed by atoms with Gasteiger partial charge in [0.15, 0.2) is 23.1 Å². The summed E-state index contributed by atoms with van der Waals surface area (Å²) in [5.41, 5.74) is 0.295. The second-order valence-electron chi connectivity index (χ2n) is 4.67. The zero-order chi connectivity index (χ0) is 12.5. The van der Waals surface area contributed by atoms with E-state index < -0.39 is 11.6 Å². The highest BCUT2D eigenvalue weighted by atomic mass is 19.2. The van der Waals surface area contributed by atoms with Crippen LogP contribution in [0.4, 0.5) is 8.78 Å². The van der Waals surface area contributed by atoms with Gasteiger partial charge in [0.25, 0.3) is 0 Å². The van der Waals surface area contributed by atoms with Crippen LogP contribution >= 0.6 is 0 Å². The van der Waals surface area contributed by atoms with Crippen molar-refractivity contribution in [3.8, 4) is 11.5 Å². The number of halogens is 2. The van der Waals surface area contributed by atoms with Crippen molar-refractivity contribution in [1.82, 2.24) is 5.32 Å². The summed E-state index contributed by atoms with van der Waals surface area (Å²) in [7, 11) is 0. The van der Waals surface area contributed by atoms with E-state index in [1.165, 1.54) is 0 Å². The van der Waals surface area contributed by atoms with Crippen molar-refractivity contribution in [3.63, 3.8) is 0 Å². The topological polar surface area (TPSA) is 30.5 Å². The zero-order valence-electron chi connectivity index (χ0n) is 9.97. The molecule has 0 aromatic heterocycles. The second-order valence-corrected chi connectivity index (χ2v) is 4.67. The lowest BCUT2D eigenvalue weighted by Gasteiger charge is -2.23. The van der Waals surface area contributed by atoms with Crippen molar-refractivity contribution in [2.75, 3.05) is 19.8 Å². The Morgan fingerprint density at radius 3 is 2.89 bits per heavy atom. The second kappa shape index (κ2) is 4.72. The van der Waals surface area contributed by atoms with Gasteiger partial charge in [-0.3, -0.25) is 0 Å². The average Bonchev–Trinajstić information content (AvgIpc) is 2.88. The van der Waals surface area contributed by atoms with Crippen LogP contribution in [0.1, 0.15) is 18.4 Å². The summed E-state index contributed by atoms with van der Waals surface area (Å²) in [6, 6.07) is 1.26. The first-order valence-corrected chi connectivity index (χ1v) is 6.25. The van der Waals surface area contributed by atoms with Crippen LogP contribution in [0.15, 0.2) is 6.07 Å². The van der Waals surface area contributed by atoms with Gasteiger partial charge in [-0.05, 0) is 25.8 Å². The molecule has 1 atom stereocenters. The van der Waals surface area contributed by atoms with Gasteiger partial charge in [-0.1, -0.05) is 0 Å². The molecule has 18 heavy (non-hydrogen) atoms. The largest absolute Gasteiger partial charge is 0.486 e. The molecule has 3 nitrogen and oxygen atoms in total. The highest BCUT2D eigenvalue weighted by Crippen LogP contribution is 2.38. The normalized spacial score (nSPS) is 22.2. The van der Waals surface area contributed by atoms with E-state index in [2.05, 4.69) is 5.32 Å². The van der Waals surface area contributed by atoms with E-state index >= 15 is 0 Å². The molecular formula is C13H15F2NO2. The number of fused-ring (bicyclic) bond motifs is 1. The summed E-state index contributed by atoms with van der Waals surface area (Å²) >= 11 is 0. The van der Waals surface area contributed by atoms with Crippen molar-refractivity contribution in [2.24, 2.45) is 0 Å². The van der Waals surface area contributed by atoms with Gasteiger partial charge in [0.05, 0.1) is 0 Å². The Balaban J connectivity index is 1.97. The van der Waals surface area contributed by atoms with Crippen molar-refractivity contribution >= 4 is 0 Å². The van der Waals surface area contributed by atoms with Crippen molar-refractivity contribution < 1.29 is 18.3 Å². The molecule has 5 heteroatoms. The summed E-state index contributed by atoms with van der Waals surface area (Å²) in [6.45, 7) is 1.68. The molecule has 3 rings (SSSR count). The van der Waals surface area contributed by atoms with Gasteiger partial charge >= 0.3 is 0 Å². The van der Waals surface area contributed by atoms with Gasteiger partial charge in [-0.25, -0.2) is 8.78 Å². The molecule has 1 saturated heterocycles. The fourth-order valence-electron chi connectivity index (χ4n) is 2.56. The number of hydrogen-bond donors (Lipinski definition) is 1. The van der Waals surface area contributed by atoms with E-state index in [1.54, 1.807) is 0 Å². The Kier molecular flexibility index (Phi) is 3.07. The summed E-state index contributed by atoms with van der Waals surface area (Å²) < 4.78 is 38.2. The fourth-order valence-corrected chi connectivity index (χ4v) is 2.56. The van der Waals surface area contributed by atoms with E-state index in [9.17, 15) is 8.78 Å². The Labute approximate surface area is 104 Å². The van der Waals surface area contributed by atoms with Crippen LogP contribution in [0.3, 0.4) is 0 Å². The minimum Gasteiger partial charge on any atom is -0.486 e. The minimum absolute atomic E-state index is 0.191. The fraction of sp³-hybridized carbons (Fsp3) is 0.538. The summed E-state index contributed by atoms with van der Waals surface area (Å²) in [4.78, 5) is 0. The van der Waals surface area contributed by atoms with Gasteiger partial charge < -0.3 is 14.8 Å². The first-order chi connectivity index (χ1) is 8.75. The number of rotatable bonds is 2. The van der Waals surface area contributed by atoms with Crippen LogP contribution in [-0.2, 0) is 6.42 Å². The standard InChI is InChI=1S/C13H15F2NO2/c14-10-7-11-13(18-5-4-17-11)9(12(10)15)6-8-2-1-3-16-8/h7-8,16H,1-6H2. The number of hydrogen-bond acceptors (Lipinski definition) is 3. The SMILES string of the molecule is Fc1cc2c(c(CC3CCCN3)c1F)OCCO2. The maximum atomic E-state index is 13.9. The molecule has 0 radical (unpaired) electrons. The molecule has 98 valence electrons. The monoisotopic (exact) mass is 255 g/mol. The lowest BCUT2D eigenvalue weighted by Crippen LogP contribution is -2.26. The Hall–Kier alpha value is -1.36. The van der Waals surface area contributed by atoms with E-state index in [0.717, 1.165) is 25.5 Å². The molecule has 2 aliphatic rings. The van der Waals surface area contributed by atoms with Gasteiger partial charge in [-0.15, -0.1) is 0 Å². The van der Waals surface area contributed by atoms with Crippen LogP contribution in [0.2, 0.25) is 0 Å². The lowest BCUT2D eigenvalue weighted by atomic mass is 10.0. The smallest absolute Gasteiger partial charge is 0.167 e. The summed E-state index contributed by atoms with van der Waals surface area (Å²) in [6.07, 6.45) is 2.49. The molecule has 1 unspecified atom stereocenters. The lowest BCUT2D eigenvalue weighted by molar-refractivity contribution is 0.167. The third kappa shape index (κ3) is 2.03. The van der Waals surface area contributed by atoms with Gasteiger partial charge in [0.2, 0.25) is 0 Å². The predicted octanol–water partition coefficient (Wildman–Crippen LogP) is 2.03. The summed E-state index contributed by atoms with van der Waals surface area (Å²) in [5, 5.41) is 3.27. The third-order valence-electron chi connectivity index (χ3n) is 3.43. The van der Waals surface area contributed by atoms with Crippen LogP contribution in [0.25, 0.3) is 0 Å². The number of benzene rings is 1. The van der Waals surface area contributed by atoms with Gasteiger partial charge in [0, 0.05) is 17.7 Å². The van der Waals surface area contributed by atoms with E-state index in [1.807, 2.05) is 0 Å². The molecule has 1 aromatic carbocycles. The molecule has 0 bridgehead atoms. The number of nitrogens with one attached hydrogen (secondary N) is 1. The molecule has 2 aliphatic heterocycles. The van der Waals surface area contributed by atoms with Crippen LogP contribution in [0.5, 0.6) is 11.5 Å². The molecule has 0 amide bonds. The molecule has 1 fully saturated rings. The molecule has 1 aromatic rings. The highest BCUT2D eigenvalue weighted by molar-refractivity contribution is 5.49. The first kappa shape index (κ1) is 11.7. The molecule has 0 spiro atoms. The summed E-state index contributed by atoms with van der Waals surface area (Å²) in [5.74, 6) is -0.998. The van der Waals surface area contributed by atoms with Gasteiger partial charge in [0.1, 0.15) is 13.2 Å². The van der Waals surface area contributed by atoms with E-state index in [-0.39, 0.29) is 6.04 Å². The molecule has 0 aliphatic carbocycles. The minimum atomic E-state index is -0.868. The van der Waals surface area contributed by atoms with E-state index in [0.29, 0.717) is 36.7 Å². The quantitative estimate of drug-likeness (QED) is 0.877. The van der Waals surface area contributed by atoms with Crippen LogP contribution < -0.4 is 14.8 Å². The highest BCUT2D eigenvalue weighted by Gasteiger charge is 2.26. The van der Waals surface area contributed by atoms with Crippen LogP contribution in [-0.4, -0.2) is 25.8 Å². The molecular weight excluding hydrogens is 240 g/mol. The predicted molar refractivity (Wildman–Crippen MR) is 62.1 cm³/mol. The maximum Gasteiger partial charge on any atom is 0.167 e. The Bertz CT molecular complexity index is 459. The maximum absolute atomic E-state index is 13.9.